The molecule has 1 aliphatic heterocycles. The van der Waals surface area contributed by atoms with Crippen LogP contribution in [-0.2, 0) is 9.47 Å². The molecule has 0 aromatic carbocycles. The van der Waals surface area contributed by atoms with Crippen molar-refractivity contribution in [2.24, 2.45) is 0 Å². The molecule has 0 amide bonds. The Hall–Kier alpha value is -0.540. The highest BCUT2D eigenvalue weighted by molar-refractivity contribution is 4.87. The zero-order valence-corrected chi connectivity index (χ0v) is 6.75. The van der Waals surface area contributed by atoms with Gasteiger partial charge in [0.1, 0.15) is 0 Å². The van der Waals surface area contributed by atoms with Crippen molar-refractivity contribution in [3.63, 3.8) is 0 Å². The third-order valence-electron chi connectivity index (χ3n) is 1.74. The van der Waals surface area contributed by atoms with E-state index in [2.05, 4.69) is 0 Å². The first-order valence-electron chi connectivity index (χ1n) is 3.78. The maximum Gasteiger partial charge on any atom is 0.0923 e. The molecular formula is C8H14O3. The maximum absolute atomic E-state index is 8.43. The quantitative estimate of drug-likeness (QED) is 0.615. The van der Waals surface area contributed by atoms with E-state index in [1.54, 1.807) is 6.08 Å². The van der Waals surface area contributed by atoms with Crippen LogP contribution in [0.25, 0.3) is 0 Å². The van der Waals surface area contributed by atoms with Crippen molar-refractivity contribution in [2.45, 2.75) is 18.9 Å². The van der Waals surface area contributed by atoms with Crippen LogP contribution < -0.4 is 0 Å². The molecule has 0 aromatic heterocycles. The van der Waals surface area contributed by atoms with Crippen LogP contribution in [0.2, 0.25) is 0 Å². The van der Waals surface area contributed by atoms with Crippen molar-refractivity contribution in [1.29, 1.82) is 0 Å². The van der Waals surface area contributed by atoms with Gasteiger partial charge < -0.3 is 14.6 Å². The second-order valence-electron chi connectivity index (χ2n) is 2.94. The Labute approximate surface area is 66.6 Å². The van der Waals surface area contributed by atoms with Crippen LogP contribution in [0.15, 0.2) is 12.3 Å². The minimum Gasteiger partial charge on any atom is -0.516 e. The standard InChI is InChI=1S/C8H14O3/c1-8(3-2-4-9)7-10-5-6-11-8/h2,4,9H,3,5-7H2,1H3. The third-order valence-corrected chi connectivity index (χ3v) is 1.74. The van der Waals surface area contributed by atoms with E-state index in [9.17, 15) is 0 Å². The van der Waals surface area contributed by atoms with Crippen molar-refractivity contribution in [1.82, 2.24) is 0 Å². The topological polar surface area (TPSA) is 38.7 Å². The van der Waals surface area contributed by atoms with Crippen LogP contribution in [0, 0.1) is 0 Å². The van der Waals surface area contributed by atoms with Crippen LogP contribution in [0.4, 0.5) is 0 Å². The van der Waals surface area contributed by atoms with E-state index in [1.807, 2.05) is 6.92 Å². The summed E-state index contributed by atoms with van der Waals surface area (Å²) in [6.45, 7) is 3.91. The molecule has 0 aliphatic carbocycles. The summed E-state index contributed by atoms with van der Waals surface area (Å²) in [6.07, 6.45) is 3.42. The van der Waals surface area contributed by atoms with Gasteiger partial charge in [-0.05, 0) is 19.4 Å². The largest absolute Gasteiger partial charge is 0.516 e. The van der Waals surface area contributed by atoms with Gasteiger partial charge in [-0.3, -0.25) is 0 Å². The lowest BCUT2D eigenvalue weighted by Gasteiger charge is -2.32. The third kappa shape index (κ3) is 2.52. The van der Waals surface area contributed by atoms with Gasteiger partial charge in [0.2, 0.25) is 0 Å². The summed E-state index contributed by atoms with van der Waals surface area (Å²) in [5.41, 5.74) is -0.239. The summed E-state index contributed by atoms with van der Waals surface area (Å²) >= 11 is 0. The normalized spacial score (nSPS) is 32.8. The zero-order valence-electron chi connectivity index (χ0n) is 6.75. The first-order chi connectivity index (χ1) is 5.27. The summed E-state index contributed by atoms with van der Waals surface area (Å²) in [5, 5.41) is 8.43. The monoisotopic (exact) mass is 158 g/mol. The van der Waals surface area contributed by atoms with Crippen molar-refractivity contribution in [3.8, 4) is 0 Å². The lowest BCUT2D eigenvalue weighted by Crippen LogP contribution is -2.39. The molecule has 11 heavy (non-hydrogen) atoms. The fourth-order valence-corrected chi connectivity index (χ4v) is 1.10. The number of ether oxygens (including phenoxy) is 2. The molecule has 1 aliphatic rings. The molecule has 1 atom stereocenters. The Morgan fingerprint density at radius 2 is 2.36 bits per heavy atom. The molecule has 64 valence electrons. The molecule has 0 bridgehead atoms. The first-order valence-corrected chi connectivity index (χ1v) is 3.78. The Bertz CT molecular complexity index is 136. The maximum atomic E-state index is 8.43. The molecule has 1 rings (SSSR count). The van der Waals surface area contributed by atoms with Crippen LogP contribution in [0.3, 0.4) is 0 Å². The van der Waals surface area contributed by atoms with Gasteiger partial charge in [-0.2, -0.15) is 0 Å². The van der Waals surface area contributed by atoms with Crippen LogP contribution in [0.1, 0.15) is 13.3 Å². The zero-order chi connectivity index (χ0) is 8.16. The highest BCUT2D eigenvalue weighted by atomic mass is 16.6. The van der Waals surface area contributed by atoms with Gasteiger partial charge in [0, 0.05) is 0 Å². The molecule has 0 saturated carbocycles. The average Bonchev–Trinajstić information content (AvgIpc) is 2.03. The summed E-state index contributed by atoms with van der Waals surface area (Å²) in [7, 11) is 0. The number of hydrogen-bond donors (Lipinski definition) is 1. The second kappa shape index (κ2) is 3.74. The summed E-state index contributed by atoms with van der Waals surface area (Å²) < 4.78 is 10.7. The number of rotatable bonds is 2. The minimum atomic E-state index is -0.239. The van der Waals surface area contributed by atoms with Gasteiger partial charge >= 0.3 is 0 Å². The van der Waals surface area contributed by atoms with Crippen LogP contribution >= 0.6 is 0 Å². The molecule has 1 fully saturated rings. The molecule has 3 heteroatoms. The van der Waals surface area contributed by atoms with E-state index >= 15 is 0 Å². The van der Waals surface area contributed by atoms with E-state index in [-0.39, 0.29) is 5.60 Å². The highest BCUT2D eigenvalue weighted by Crippen LogP contribution is 2.19. The average molecular weight is 158 g/mol. The van der Waals surface area contributed by atoms with E-state index in [4.69, 9.17) is 14.6 Å². The van der Waals surface area contributed by atoms with Gasteiger partial charge in [-0.25, -0.2) is 0 Å². The van der Waals surface area contributed by atoms with Crippen LogP contribution in [-0.4, -0.2) is 30.5 Å². The number of aliphatic hydroxyl groups excluding tert-OH is 1. The van der Waals surface area contributed by atoms with Gasteiger partial charge in [0.25, 0.3) is 0 Å². The summed E-state index contributed by atoms with van der Waals surface area (Å²) in [6, 6.07) is 0. The molecule has 0 aromatic rings. The first kappa shape index (κ1) is 8.56. The molecular weight excluding hydrogens is 144 g/mol. The van der Waals surface area contributed by atoms with Crippen molar-refractivity contribution < 1.29 is 14.6 Å². The summed E-state index contributed by atoms with van der Waals surface area (Å²) in [5.74, 6) is 0. The van der Waals surface area contributed by atoms with E-state index in [0.717, 1.165) is 6.26 Å². The SMILES string of the molecule is CC1(CC=CO)COCCO1. The Kier molecular flexibility index (Phi) is 2.91. The molecule has 0 spiro atoms. The predicted molar refractivity (Wildman–Crippen MR) is 41.6 cm³/mol. The lowest BCUT2D eigenvalue weighted by molar-refractivity contribution is -0.145. The fourth-order valence-electron chi connectivity index (χ4n) is 1.10. The Balaban J connectivity index is 2.37. The summed E-state index contributed by atoms with van der Waals surface area (Å²) in [4.78, 5) is 0. The van der Waals surface area contributed by atoms with Crippen molar-refractivity contribution in [3.05, 3.63) is 12.3 Å². The van der Waals surface area contributed by atoms with Gasteiger partial charge in [-0.1, -0.05) is 0 Å². The Morgan fingerprint density at radius 3 is 2.91 bits per heavy atom. The molecule has 0 radical (unpaired) electrons. The van der Waals surface area contributed by atoms with E-state index < -0.39 is 0 Å². The molecule has 1 saturated heterocycles. The Morgan fingerprint density at radius 1 is 1.55 bits per heavy atom. The van der Waals surface area contributed by atoms with E-state index in [1.165, 1.54) is 0 Å². The van der Waals surface area contributed by atoms with Gasteiger partial charge in [-0.15, -0.1) is 0 Å². The molecule has 1 heterocycles. The molecule has 1 N–H and O–H groups in total. The van der Waals surface area contributed by atoms with Crippen LogP contribution in [0.5, 0.6) is 0 Å². The molecule has 3 nitrogen and oxygen atoms in total. The highest BCUT2D eigenvalue weighted by Gasteiger charge is 2.26. The fraction of sp³-hybridized carbons (Fsp3) is 0.750. The van der Waals surface area contributed by atoms with Crippen molar-refractivity contribution in [2.75, 3.05) is 19.8 Å². The minimum absolute atomic E-state index is 0.239. The smallest absolute Gasteiger partial charge is 0.0923 e. The van der Waals surface area contributed by atoms with E-state index in [0.29, 0.717) is 26.2 Å². The van der Waals surface area contributed by atoms with Gasteiger partial charge in [0.05, 0.1) is 31.7 Å². The number of hydrogen-bond acceptors (Lipinski definition) is 3. The van der Waals surface area contributed by atoms with Gasteiger partial charge in [0.15, 0.2) is 0 Å². The lowest BCUT2D eigenvalue weighted by atomic mass is 10.0. The molecule has 1 unspecified atom stereocenters. The predicted octanol–water partition coefficient (Wildman–Crippen LogP) is 1.25. The second-order valence-corrected chi connectivity index (χ2v) is 2.94. The van der Waals surface area contributed by atoms with Crippen molar-refractivity contribution >= 4 is 0 Å². The number of aliphatic hydroxyl groups is 1.